The molecule has 0 amide bonds. The number of hydrogen-bond donors (Lipinski definition) is 2. The zero-order chi connectivity index (χ0) is 66.5. The van der Waals surface area contributed by atoms with Crippen molar-refractivity contribution in [2.24, 2.45) is 5.73 Å². The quantitative estimate of drug-likeness (QED) is 0.0264. The fourth-order valence-electron chi connectivity index (χ4n) is 13.2. The molecule has 0 aliphatic heterocycles. The molecule has 0 aliphatic carbocycles. The lowest BCUT2D eigenvalue weighted by Crippen LogP contribution is -2.29. The van der Waals surface area contributed by atoms with E-state index in [9.17, 15) is 19.0 Å². The summed E-state index contributed by atoms with van der Waals surface area (Å²) in [6.45, 7) is 3.85. The minimum Gasteiger partial charge on any atom is -0.462 e. The standard InChI is InChI=1S/C82H162NO8P/c1-3-5-7-9-11-13-15-17-19-21-23-25-27-29-31-33-35-37-39-40-41-43-45-47-49-51-53-55-57-59-61-63-65-67-69-71-73-75-82(85)91-80(79-90-92(86,87)89-77-76-83)78-88-81(84)74-72-70-68-66-64-62-60-58-56-54-52-50-48-46-44-42-38-36-34-32-30-28-26-24-22-20-18-16-14-12-10-8-6-4-2/h21,23,80H,3-20,22,24-79,83H2,1-2H3,(H,86,87)/b23-21-. The molecule has 0 heterocycles. The average molecular weight is 1320 g/mol. The molecule has 2 atom stereocenters. The molecule has 0 spiro atoms. The lowest BCUT2D eigenvalue weighted by molar-refractivity contribution is -0.161. The maximum Gasteiger partial charge on any atom is 0.472 e. The van der Waals surface area contributed by atoms with Crippen LogP contribution in [-0.4, -0.2) is 49.3 Å². The maximum absolute atomic E-state index is 12.8. The van der Waals surface area contributed by atoms with Gasteiger partial charge in [0.15, 0.2) is 6.10 Å². The molecular formula is C82H162NO8P. The van der Waals surface area contributed by atoms with E-state index in [0.717, 1.165) is 32.1 Å². The Bertz CT molecular complexity index is 1510. The number of carbonyl (C=O) groups excluding carboxylic acids is 2. The third-order valence-corrected chi connectivity index (χ3v) is 20.4. The van der Waals surface area contributed by atoms with Crippen molar-refractivity contribution in [1.29, 1.82) is 0 Å². The highest BCUT2D eigenvalue weighted by Crippen LogP contribution is 2.43. The monoisotopic (exact) mass is 1320 g/mol. The maximum atomic E-state index is 12.8. The van der Waals surface area contributed by atoms with Crippen molar-refractivity contribution < 1.29 is 37.6 Å². The van der Waals surface area contributed by atoms with Crippen molar-refractivity contribution in [3.8, 4) is 0 Å². The van der Waals surface area contributed by atoms with E-state index in [1.807, 2.05) is 0 Å². The first-order valence-corrected chi connectivity index (χ1v) is 43.2. The molecular weight excluding hydrogens is 1160 g/mol. The van der Waals surface area contributed by atoms with Crippen molar-refractivity contribution in [2.75, 3.05) is 26.4 Å². The van der Waals surface area contributed by atoms with Gasteiger partial charge in [-0.25, -0.2) is 4.57 Å². The third kappa shape index (κ3) is 77.8. The van der Waals surface area contributed by atoms with E-state index in [1.165, 1.54) is 405 Å². The summed E-state index contributed by atoms with van der Waals surface area (Å²) in [6.07, 6.45) is 98.1. The smallest absolute Gasteiger partial charge is 0.462 e. The number of phosphoric acid groups is 1. The molecule has 0 radical (unpaired) electrons. The Morgan fingerprint density at radius 2 is 0.533 bits per heavy atom. The zero-order valence-corrected chi connectivity index (χ0v) is 63.0. The first-order chi connectivity index (χ1) is 45.3. The van der Waals surface area contributed by atoms with Crippen LogP contribution in [0.3, 0.4) is 0 Å². The van der Waals surface area contributed by atoms with Gasteiger partial charge < -0.3 is 20.1 Å². The number of allylic oxidation sites excluding steroid dienone is 2. The lowest BCUT2D eigenvalue weighted by atomic mass is 10.0. The average Bonchev–Trinajstić information content (AvgIpc) is 3.01. The van der Waals surface area contributed by atoms with Crippen molar-refractivity contribution >= 4 is 19.8 Å². The first-order valence-electron chi connectivity index (χ1n) is 41.7. The van der Waals surface area contributed by atoms with Crippen LogP contribution in [0, 0.1) is 0 Å². The molecule has 0 aliphatic rings. The Balaban J connectivity index is 3.71. The van der Waals surface area contributed by atoms with Crippen LogP contribution in [0.1, 0.15) is 470 Å². The molecule has 0 aromatic heterocycles. The van der Waals surface area contributed by atoms with Crippen LogP contribution in [0.4, 0.5) is 0 Å². The summed E-state index contributed by atoms with van der Waals surface area (Å²) in [5.74, 6) is -0.795. The van der Waals surface area contributed by atoms with E-state index in [2.05, 4.69) is 26.0 Å². The highest BCUT2D eigenvalue weighted by molar-refractivity contribution is 7.47. The van der Waals surface area contributed by atoms with Gasteiger partial charge in [0.1, 0.15) is 6.61 Å². The summed E-state index contributed by atoms with van der Waals surface area (Å²) in [7, 11) is -4.39. The molecule has 0 rings (SSSR count). The van der Waals surface area contributed by atoms with Gasteiger partial charge in [-0.2, -0.15) is 0 Å². The fourth-order valence-corrected chi connectivity index (χ4v) is 14.0. The van der Waals surface area contributed by atoms with Gasteiger partial charge in [-0.15, -0.1) is 0 Å². The molecule has 10 heteroatoms. The molecule has 548 valence electrons. The van der Waals surface area contributed by atoms with Gasteiger partial charge in [-0.1, -0.05) is 431 Å². The minimum atomic E-state index is -4.39. The van der Waals surface area contributed by atoms with Crippen LogP contribution < -0.4 is 5.73 Å². The van der Waals surface area contributed by atoms with Crippen LogP contribution in [0.5, 0.6) is 0 Å². The summed E-state index contributed by atoms with van der Waals surface area (Å²) in [6, 6.07) is 0. The third-order valence-electron chi connectivity index (χ3n) is 19.4. The molecule has 0 aromatic rings. The molecule has 3 N–H and O–H groups in total. The lowest BCUT2D eigenvalue weighted by Gasteiger charge is -2.19. The van der Waals surface area contributed by atoms with E-state index in [0.29, 0.717) is 6.42 Å². The molecule has 2 unspecified atom stereocenters. The molecule has 0 saturated heterocycles. The molecule has 0 aromatic carbocycles. The van der Waals surface area contributed by atoms with Crippen molar-refractivity contribution in [3.63, 3.8) is 0 Å². The highest BCUT2D eigenvalue weighted by Gasteiger charge is 2.26. The van der Waals surface area contributed by atoms with Gasteiger partial charge in [0, 0.05) is 19.4 Å². The number of rotatable bonds is 81. The van der Waals surface area contributed by atoms with Crippen molar-refractivity contribution in [1.82, 2.24) is 0 Å². The number of ether oxygens (including phenoxy) is 2. The zero-order valence-electron chi connectivity index (χ0n) is 62.1. The van der Waals surface area contributed by atoms with Gasteiger partial charge in [-0.3, -0.25) is 18.6 Å². The van der Waals surface area contributed by atoms with E-state index in [-0.39, 0.29) is 38.6 Å². The summed E-state index contributed by atoms with van der Waals surface area (Å²) < 4.78 is 33.3. The number of esters is 2. The summed E-state index contributed by atoms with van der Waals surface area (Å²) in [5, 5.41) is 0. The second-order valence-electron chi connectivity index (χ2n) is 28.7. The van der Waals surface area contributed by atoms with Crippen molar-refractivity contribution in [3.05, 3.63) is 12.2 Å². The normalized spacial score (nSPS) is 12.8. The van der Waals surface area contributed by atoms with Crippen LogP contribution in [0.25, 0.3) is 0 Å². The predicted octanol–water partition coefficient (Wildman–Crippen LogP) is 27.8. The summed E-state index contributed by atoms with van der Waals surface area (Å²) >= 11 is 0. The number of carbonyl (C=O) groups is 2. The van der Waals surface area contributed by atoms with Crippen LogP contribution >= 0.6 is 7.82 Å². The van der Waals surface area contributed by atoms with Gasteiger partial charge in [0.2, 0.25) is 0 Å². The number of phosphoric ester groups is 1. The summed E-state index contributed by atoms with van der Waals surface area (Å²) in [5.41, 5.74) is 5.42. The van der Waals surface area contributed by atoms with E-state index in [1.54, 1.807) is 0 Å². The predicted molar refractivity (Wildman–Crippen MR) is 400 cm³/mol. The van der Waals surface area contributed by atoms with Gasteiger partial charge in [-0.05, 0) is 38.5 Å². The molecule has 0 fully saturated rings. The van der Waals surface area contributed by atoms with Crippen LogP contribution in [-0.2, 0) is 32.7 Å². The second-order valence-corrected chi connectivity index (χ2v) is 30.2. The number of unbranched alkanes of at least 4 members (excludes halogenated alkanes) is 66. The van der Waals surface area contributed by atoms with Crippen LogP contribution in [0.15, 0.2) is 12.2 Å². The second kappa shape index (κ2) is 78.7. The summed E-state index contributed by atoms with van der Waals surface area (Å²) in [4.78, 5) is 35.5. The largest absolute Gasteiger partial charge is 0.472 e. The Morgan fingerprint density at radius 3 is 0.772 bits per heavy atom. The SMILES string of the molecule is CCCCCCCCCC/C=C\CCCCCCCCCCCCCCCCCCCCCCCCCCCC(=O)OC(COC(=O)CCCCCCCCCCCCCCCCCCCCCCCCCCCCCCCCCCCC)COP(=O)(O)OCCN. The number of nitrogens with two attached hydrogens (primary N) is 1. The fraction of sp³-hybridized carbons (Fsp3) is 0.951. The van der Waals surface area contributed by atoms with Crippen molar-refractivity contribution in [2.45, 2.75) is 476 Å². The van der Waals surface area contributed by atoms with Gasteiger partial charge >= 0.3 is 19.8 Å². The van der Waals surface area contributed by atoms with Gasteiger partial charge in [0.25, 0.3) is 0 Å². The number of hydrogen-bond acceptors (Lipinski definition) is 8. The minimum absolute atomic E-state index is 0.0583. The molecule has 92 heavy (non-hydrogen) atoms. The molecule has 0 bridgehead atoms. The highest BCUT2D eigenvalue weighted by atomic mass is 31.2. The first kappa shape index (κ1) is 90.8. The van der Waals surface area contributed by atoms with E-state index in [4.69, 9.17) is 24.3 Å². The van der Waals surface area contributed by atoms with Gasteiger partial charge in [0.05, 0.1) is 13.2 Å². The molecule has 0 saturated carbocycles. The topological polar surface area (TPSA) is 134 Å². The van der Waals surface area contributed by atoms with Crippen LogP contribution in [0.2, 0.25) is 0 Å². The Kier molecular flexibility index (Phi) is 77.7. The van der Waals surface area contributed by atoms with E-state index < -0.39 is 26.5 Å². The molecule has 9 nitrogen and oxygen atoms in total. The Labute approximate surface area is 574 Å². The van der Waals surface area contributed by atoms with E-state index >= 15 is 0 Å². The Morgan fingerprint density at radius 1 is 0.315 bits per heavy atom. The Hall–Kier alpha value is -1.25.